The van der Waals surface area contributed by atoms with Gasteiger partial charge in [-0.3, -0.25) is 0 Å². The number of fused-ring (bicyclic) bond motifs is 3. The highest BCUT2D eigenvalue weighted by Gasteiger charge is 2.33. The van der Waals surface area contributed by atoms with Gasteiger partial charge in [0.2, 0.25) is 0 Å². The van der Waals surface area contributed by atoms with Crippen molar-refractivity contribution in [3.63, 3.8) is 0 Å². The normalized spacial score (nSPS) is 17.8. The number of thiol groups is 1. The fourth-order valence-corrected chi connectivity index (χ4v) is 4.42. The third-order valence-corrected chi connectivity index (χ3v) is 5.84. The van der Waals surface area contributed by atoms with Crippen molar-refractivity contribution in [2.24, 2.45) is 5.41 Å². The number of hydrogen-bond donors (Lipinski definition) is 1. The minimum atomic E-state index is 0.383. The second-order valence-corrected chi connectivity index (χ2v) is 6.80. The number of benzene rings is 2. The summed E-state index contributed by atoms with van der Waals surface area (Å²) in [5.74, 6) is 0.994. The van der Waals surface area contributed by atoms with Crippen LogP contribution in [0.2, 0.25) is 0 Å². The standard InChI is InChI=1S/C19H21NS/c21-14-19(11-5-6-12-19)13-20-17-9-3-1-7-15(17)16-8-2-4-10-18(16)20/h1-4,7-10,21H,5-6,11-14H2. The minimum absolute atomic E-state index is 0.383. The number of para-hydroxylation sites is 2. The summed E-state index contributed by atoms with van der Waals surface area (Å²) in [5, 5.41) is 2.75. The Labute approximate surface area is 131 Å². The van der Waals surface area contributed by atoms with Crippen LogP contribution in [0.15, 0.2) is 48.5 Å². The number of rotatable bonds is 3. The van der Waals surface area contributed by atoms with Crippen LogP contribution in [0.25, 0.3) is 21.8 Å². The molecule has 0 N–H and O–H groups in total. The maximum absolute atomic E-state index is 4.69. The highest BCUT2D eigenvalue weighted by Crippen LogP contribution is 2.42. The van der Waals surface area contributed by atoms with Gasteiger partial charge in [0, 0.05) is 28.4 Å². The van der Waals surface area contributed by atoms with E-state index in [0.717, 1.165) is 12.3 Å². The summed E-state index contributed by atoms with van der Waals surface area (Å²) in [6.45, 7) is 1.10. The number of hydrogen-bond acceptors (Lipinski definition) is 1. The first-order valence-electron chi connectivity index (χ1n) is 7.90. The van der Waals surface area contributed by atoms with Gasteiger partial charge in [0.25, 0.3) is 0 Å². The van der Waals surface area contributed by atoms with Crippen molar-refractivity contribution >= 4 is 34.4 Å². The minimum Gasteiger partial charge on any atom is -0.340 e. The molecule has 1 fully saturated rings. The molecule has 1 heterocycles. The van der Waals surface area contributed by atoms with Crippen LogP contribution in [0.1, 0.15) is 25.7 Å². The summed E-state index contributed by atoms with van der Waals surface area (Å²) < 4.78 is 2.53. The van der Waals surface area contributed by atoms with Crippen molar-refractivity contribution < 1.29 is 0 Å². The van der Waals surface area contributed by atoms with E-state index in [4.69, 9.17) is 0 Å². The Hall–Kier alpha value is -1.41. The molecule has 0 atom stereocenters. The van der Waals surface area contributed by atoms with E-state index in [1.807, 2.05) is 0 Å². The first-order chi connectivity index (χ1) is 10.3. The van der Waals surface area contributed by atoms with Crippen LogP contribution >= 0.6 is 12.6 Å². The molecule has 4 rings (SSSR count). The first-order valence-corrected chi connectivity index (χ1v) is 8.53. The first kappa shape index (κ1) is 13.3. The smallest absolute Gasteiger partial charge is 0.0491 e. The van der Waals surface area contributed by atoms with Crippen LogP contribution in [0.3, 0.4) is 0 Å². The third-order valence-electron chi connectivity index (χ3n) is 5.17. The molecule has 0 amide bonds. The lowest BCUT2D eigenvalue weighted by Crippen LogP contribution is -2.25. The molecule has 21 heavy (non-hydrogen) atoms. The van der Waals surface area contributed by atoms with Crippen LogP contribution in [-0.4, -0.2) is 10.3 Å². The second-order valence-electron chi connectivity index (χ2n) is 6.49. The van der Waals surface area contributed by atoms with Crippen LogP contribution in [0.5, 0.6) is 0 Å². The van der Waals surface area contributed by atoms with Crippen molar-refractivity contribution in [1.82, 2.24) is 4.57 Å². The van der Waals surface area contributed by atoms with Gasteiger partial charge in [-0.2, -0.15) is 12.6 Å². The van der Waals surface area contributed by atoms with Gasteiger partial charge >= 0.3 is 0 Å². The Morgan fingerprint density at radius 1 is 0.857 bits per heavy atom. The maximum atomic E-state index is 4.69. The van der Waals surface area contributed by atoms with E-state index < -0.39 is 0 Å². The Balaban J connectivity index is 1.93. The molecule has 3 aromatic rings. The van der Waals surface area contributed by atoms with Crippen LogP contribution in [-0.2, 0) is 6.54 Å². The molecule has 0 spiro atoms. The van der Waals surface area contributed by atoms with E-state index in [1.54, 1.807) is 0 Å². The second kappa shape index (κ2) is 5.10. The molecule has 0 bridgehead atoms. The van der Waals surface area contributed by atoms with Gasteiger partial charge in [-0.1, -0.05) is 49.2 Å². The van der Waals surface area contributed by atoms with Crippen molar-refractivity contribution in [3.05, 3.63) is 48.5 Å². The molecule has 1 aliphatic rings. The molecule has 1 aromatic heterocycles. The molecule has 1 nitrogen and oxygen atoms in total. The fraction of sp³-hybridized carbons (Fsp3) is 0.368. The predicted molar refractivity (Wildman–Crippen MR) is 94.2 cm³/mol. The van der Waals surface area contributed by atoms with E-state index in [1.165, 1.54) is 47.5 Å². The Kier molecular flexibility index (Phi) is 3.22. The molecular formula is C19H21NS. The van der Waals surface area contributed by atoms with Crippen molar-refractivity contribution in [2.75, 3.05) is 5.75 Å². The molecule has 0 aliphatic heterocycles. The zero-order valence-electron chi connectivity index (χ0n) is 12.3. The molecule has 2 aromatic carbocycles. The summed E-state index contributed by atoms with van der Waals surface area (Å²) in [7, 11) is 0. The zero-order chi connectivity index (χ0) is 14.3. The lowest BCUT2D eigenvalue weighted by atomic mass is 9.88. The monoisotopic (exact) mass is 295 g/mol. The number of nitrogens with zero attached hydrogens (tertiary/aromatic N) is 1. The van der Waals surface area contributed by atoms with Gasteiger partial charge in [-0.05, 0) is 36.1 Å². The maximum Gasteiger partial charge on any atom is 0.0491 e. The molecule has 0 saturated heterocycles. The SMILES string of the molecule is SCC1(Cn2c3ccccc3c3ccccc32)CCCC1. The molecule has 0 radical (unpaired) electrons. The van der Waals surface area contributed by atoms with E-state index in [0.29, 0.717) is 5.41 Å². The van der Waals surface area contributed by atoms with Crippen molar-refractivity contribution in [1.29, 1.82) is 0 Å². The third kappa shape index (κ3) is 2.08. The molecule has 1 saturated carbocycles. The van der Waals surface area contributed by atoms with Gasteiger partial charge < -0.3 is 4.57 Å². The van der Waals surface area contributed by atoms with Crippen LogP contribution in [0.4, 0.5) is 0 Å². The Morgan fingerprint density at radius 2 is 1.38 bits per heavy atom. The van der Waals surface area contributed by atoms with Gasteiger partial charge in [-0.25, -0.2) is 0 Å². The molecule has 0 unspecified atom stereocenters. The average molecular weight is 295 g/mol. The van der Waals surface area contributed by atoms with Crippen molar-refractivity contribution in [3.8, 4) is 0 Å². The molecule has 2 heteroatoms. The van der Waals surface area contributed by atoms with E-state index >= 15 is 0 Å². The lowest BCUT2D eigenvalue weighted by molar-refractivity contribution is 0.298. The van der Waals surface area contributed by atoms with Crippen molar-refractivity contribution in [2.45, 2.75) is 32.2 Å². The Morgan fingerprint density at radius 3 is 1.90 bits per heavy atom. The summed E-state index contributed by atoms with van der Waals surface area (Å²) in [6.07, 6.45) is 5.35. The summed E-state index contributed by atoms with van der Waals surface area (Å²) in [6, 6.07) is 17.6. The van der Waals surface area contributed by atoms with Gasteiger partial charge in [0.15, 0.2) is 0 Å². The molecule has 108 valence electrons. The van der Waals surface area contributed by atoms with E-state index in [9.17, 15) is 0 Å². The van der Waals surface area contributed by atoms with Crippen LogP contribution in [0, 0.1) is 5.41 Å². The van der Waals surface area contributed by atoms with E-state index in [-0.39, 0.29) is 0 Å². The summed E-state index contributed by atoms with van der Waals surface area (Å²) in [4.78, 5) is 0. The molecule has 1 aliphatic carbocycles. The lowest BCUT2D eigenvalue weighted by Gasteiger charge is -2.28. The van der Waals surface area contributed by atoms with Crippen LogP contribution < -0.4 is 0 Å². The Bertz CT molecular complexity index is 727. The fourth-order valence-electron chi connectivity index (χ4n) is 4.00. The highest BCUT2D eigenvalue weighted by molar-refractivity contribution is 7.80. The van der Waals surface area contributed by atoms with Gasteiger partial charge in [0.1, 0.15) is 0 Å². The van der Waals surface area contributed by atoms with Gasteiger partial charge in [-0.15, -0.1) is 0 Å². The predicted octanol–water partition coefficient (Wildman–Crippen LogP) is 5.28. The number of aromatic nitrogens is 1. The average Bonchev–Trinajstić information content (AvgIpc) is 3.13. The highest BCUT2D eigenvalue weighted by atomic mass is 32.1. The topological polar surface area (TPSA) is 4.93 Å². The largest absolute Gasteiger partial charge is 0.340 e. The summed E-state index contributed by atoms with van der Waals surface area (Å²) in [5.41, 5.74) is 3.12. The van der Waals surface area contributed by atoms with Gasteiger partial charge in [0.05, 0.1) is 0 Å². The van der Waals surface area contributed by atoms with E-state index in [2.05, 4.69) is 65.7 Å². The zero-order valence-corrected chi connectivity index (χ0v) is 13.2. The summed E-state index contributed by atoms with van der Waals surface area (Å²) >= 11 is 4.69. The quantitative estimate of drug-likeness (QED) is 0.627. The molecular weight excluding hydrogens is 274 g/mol.